The molecule has 5 fully saturated rings. The molecule has 0 aliphatic carbocycles. The second-order valence-corrected chi connectivity index (χ2v) is 14.7. The maximum atomic E-state index is 12.8. The predicted octanol–water partition coefficient (Wildman–Crippen LogP) is -10.8. The lowest BCUT2D eigenvalue weighted by Gasteiger charge is -2.51. The fourth-order valence-electron chi connectivity index (χ4n) is 7.37. The van der Waals surface area contributed by atoms with Gasteiger partial charge in [0, 0.05) is 6.92 Å². The molecule has 25 atom stereocenters. The van der Waals surface area contributed by atoms with Gasteiger partial charge in [-0.25, -0.2) is 0 Å². The molecule has 0 saturated carbocycles. The lowest BCUT2D eigenvalue weighted by molar-refractivity contribution is -0.391. The summed E-state index contributed by atoms with van der Waals surface area (Å²) in [6.45, 7) is -1.37. The van der Waals surface area contributed by atoms with Crippen LogP contribution in [-0.4, -0.2) is 262 Å². The van der Waals surface area contributed by atoms with E-state index in [2.05, 4.69) is 5.32 Å². The van der Waals surface area contributed by atoms with Crippen molar-refractivity contribution in [3.63, 3.8) is 0 Å². The summed E-state index contributed by atoms with van der Waals surface area (Å²) in [6, 6.07) is -1.75. The summed E-state index contributed by atoms with van der Waals surface area (Å²) >= 11 is 0. The number of carbonyl (C=O) groups is 1. The number of nitrogens with one attached hydrogen (secondary N) is 1. The normalized spacial score (nSPS) is 51.6. The fraction of sp³-hybridized carbons (Fsp3) is 0.969. The highest BCUT2D eigenvalue weighted by atomic mass is 16.8. The Labute approximate surface area is 329 Å². The molecule has 0 aromatic carbocycles. The van der Waals surface area contributed by atoms with E-state index in [1.54, 1.807) is 0 Å². The van der Waals surface area contributed by atoms with Crippen molar-refractivity contribution < 1.29 is 124 Å². The largest absolute Gasteiger partial charge is 0.394 e. The highest BCUT2D eigenvalue weighted by molar-refractivity contribution is 5.73. The van der Waals surface area contributed by atoms with E-state index >= 15 is 0 Å². The second kappa shape index (κ2) is 20.1. The Bertz CT molecular complexity index is 1300. The van der Waals surface area contributed by atoms with E-state index in [1.807, 2.05) is 0 Å². The number of hydrogen-bond acceptors (Lipinski definition) is 25. The van der Waals surface area contributed by atoms with Gasteiger partial charge in [-0.1, -0.05) is 0 Å². The van der Waals surface area contributed by atoms with Crippen molar-refractivity contribution in [2.24, 2.45) is 0 Å². The summed E-state index contributed by atoms with van der Waals surface area (Å²) in [5.41, 5.74) is 0. The van der Waals surface area contributed by atoms with Crippen molar-refractivity contribution in [1.29, 1.82) is 0 Å². The van der Waals surface area contributed by atoms with E-state index in [0.717, 1.165) is 6.92 Å². The Morgan fingerprint density at radius 2 is 0.897 bits per heavy atom. The van der Waals surface area contributed by atoms with Gasteiger partial charge < -0.3 is 125 Å². The Kier molecular flexibility index (Phi) is 16.5. The van der Waals surface area contributed by atoms with E-state index < -0.39 is 186 Å². The third-order valence-electron chi connectivity index (χ3n) is 10.7. The molecule has 0 spiro atoms. The van der Waals surface area contributed by atoms with Crippen LogP contribution in [0, 0.1) is 0 Å². The zero-order chi connectivity index (χ0) is 42.9. The SMILES string of the molecule is CC(=O)N[C@H]1[C@H](O[C@H]2[C@@H](O)[C@@H](CO)O[C@@H](O[C@H]3[C@H](O)[C@@H](O)[C@@H](O)O[C@@H]3CO)[C@@H]2O)O[C@H](CO)[C@@H](O[C@@H]2O[C@@H](C)[C@@H](O)[C@@H](O)[C@@H]2O)[C@@H]1O[C@H]1O[C@H](CO)[C@H](O)[C@H](O)[C@H]1O. The molecule has 0 aromatic rings. The van der Waals surface area contributed by atoms with Crippen molar-refractivity contribution in [1.82, 2.24) is 5.32 Å². The van der Waals surface area contributed by atoms with Gasteiger partial charge in [0.15, 0.2) is 31.5 Å². The number of hydrogen-bond donors (Lipinski definition) is 16. The average Bonchev–Trinajstić information content (AvgIpc) is 3.19. The van der Waals surface area contributed by atoms with E-state index in [0.29, 0.717) is 0 Å². The van der Waals surface area contributed by atoms with Gasteiger partial charge in [0.05, 0.1) is 32.5 Å². The van der Waals surface area contributed by atoms with Crippen LogP contribution in [0.2, 0.25) is 0 Å². The molecule has 0 bridgehead atoms. The van der Waals surface area contributed by atoms with Gasteiger partial charge in [-0.2, -0.15) is 0 Å². The number of carbonyl (C=O) groups excluding carboxylic acids is 1. The van der Waals surface area contributed by atoms with Crippen LogP contribution in [0.25, 0.3) is 0 Å². The van der Waals surface area contributed by atoms with Crippen LogP contribution >= 0.6 is 0 Å². The van der Waals surface area contributed by atoms with E-state index in [1.165, 1.54) is 6.92 Å². The number of aliphatic hydroxyl groups excluding tert-OH is 15. The minimum atomic E-state index is -2.12. The van der Waals surface area contributed by atoms with Gasteiger partial charge in [0.25, 0.3) is 0 Å². The molecular formula is C32H55NO25. The summed E-state index contributed by atoms with van der Waals surface area (Å²) in [6.07, 6.45) is -43.6. The molecule has 1 amide bonds. The first-order valence-corrected chi connectivity index (χ1v) is 18.5. The molecule has 5 heterocycles. The average molecular weight is 854 g/mol. The van der Waals surface area contributed by atoms with Crippen molar-refractivity contribution in [2.75, 3.05) is 26.4 Å². The fourth-order valence-corrected chi connectivity index (χ4v) is 7.37. The molecule has 0 aromatic heterocycles. The molecule has 0 radical (unpaired) electrons. The van der Waals surface area contributed by atoms with Gasteiger partial charge in [-0.15, -0.1) is 0 Å². The Morgan fingerprint density at radius 1 is 0.448 bits per heavy atom. The third-order valence-corrected chi connectivity index (χ3v) is 10.7. The van der Waals surface area contributed by atoms with Gasteiger partial charge in [0.2, 0.25) is 5.91 Å². The Balaban J connectivity index is 1.50. The second-order valence-electron chi connectivity index (χ2n) is 14.7. The highest BCUT2D eigenvalue weighted by Crippen LogP contribution is 2.36. The Hall–Kier alpha value is -1.49. The molecule has 16 N–H and O–H groups in total. The first-order valence-electron chi connectivity index (χ1n) is 18.5. The summed E-state index contributed by atoms with van der Waals surface area (Å²) < 4.78 is 51.4. The number of amides is 1. The molecular weight excluding hydrogens is 798 g/mol. The summed E-state index contributed by atoms with van der Waals surface area (Å²) in [5, 5.41) is 159. The number of aliphatic hydroxyl groups is 15. The van der Waals surface area contributed by atoms with E-state index in [9.17, 15) is 81.4 Å². The van der Waals surface area contributed by atoms with Crippen LogP contribution in [0.1, 0.15) is 13.8 Å². The molecule has 26 heteroatoms. The van der Waals surface area contributed by atoms with Crippen molar-refractivity contribution in [3.05, 3.63) is 0 Å². The van der Waals surface area contributed by atoms with E-state index in [-0.39, 0.29) is 0 Å². The summed E-state index contributed by atoms with van der Waals surface area (Å²) in [5.74, 6) is -0.837. The lowest BCUT2D eigenvalue weighted by Crippen LogP contribution is -2.71. The minimum Gasteiger partial charge on any atom is -0.394 e. The molecule has 5 saturated heterocycles. The predicted molar refractivity (Wildman–Crippen MR) is 177 cm³/mol. The maximum Gasteiger partial charge on any atom is 0.217 e. The summed E-state index contributed by atoms with van der Waals surface area (Å²) in [4.78, 5) is 12.8. The molecule has 5 aliphatic rings. The zero-order valence-corrected chi connectivity index (χ0v) is 31.1. The highest BCUT2D eigenvalue weighted by Gasteiger charge is 2.57. The number of rotatable bonds is 13. The van der Waals surface area contributed by atoms with Crippen LogP contribution in [0.5, 0.6) is 0 Å². The molecule has 338 valence electrons. The first-order chi connectivity index (χ1) is 27.4. The number of ether oxygens (including phenoxy) is 9. The van der Waals surface area contributed by atoms with Crippen molar-refractivity contribution in [3.8, 4) is 0 Å². The maximum absolute atomic E-state index is 12.8. The van der Waals surface area contributed by atoms with Gasteiger partial charge in [-0.05, 0) is 6.92 Å². The summed E-state index contributed by atoms with van der Waals surface area (Å²) in [7, 11) is 0. The van der Waals surface area contributed by atoms with Crippen LogP contribution in [0.15, 0.2) is 0 Å². The van der Waals surface area contributed by atoms with Crippen LogP contribution < -0.4 is 5.32 Å². The van der Waals surface area contributed by atoms with Gasteiger partial charge >= 0.3 is 0 Å². The van der Waals surface area contributed by atoms with E-state index in [4.69, 9.17) is 42.6 Å². The Morgan fingerprint density at radius 3 is 1.47 bits per heavy atom. The van der Waals surface area contributed by atoms with Gasteiger partial charge in [-0.3, -0.25) is 4.79 Å². The van der Waals surface area contributed by atoms with Crippen LogP contribution in [-0.2, 0) is 47.4 Å². The molecule has 0 unspecified atom stereocenters. The molecule has 58 heavy (non-hydrogen) atoms. The monoisotopic (exact) mass is 853 g/mol. The first kappa shape index (κ1) is 47.6. The molecule has 26 nitrogen and oxygen atoms in total. The molecule has 5 rings (SSSR count). The van der Waals surface area contributed by atoms with Crippen LogP contribution in [0.4, 0.5) is 0 Å². The van der Waals surface area contributed by atoms with Crippen molar-refractivity contribution in [2.45, 2.75) is 167 Å². The lowest BCUT2D eigenvalue weighted by atomic mass is 9.93. The third kappa shape index (κ3) is 9.75. The van der Waals surface area contributed by atoms with Crippen LogP contribution in [0.3, 0.4) is 0 Å². The van der Waals surface area contributed by atoms with Gasteiger partial charge in [0.1, 0.15) is 116 Å². The minimum absolute atomic E-state index is 0.837. The molecule has 5 aliphatic heterocycles. The quantitative estimate of drug-likeness (QED) is 0.0818. The standard InChI is InChI=1S/C32H55NO25/c1-7-14(39)17(42)21(46)30(50-7)56-25-12(6-37)54-29(13(33-8(2)38)26(25)57-31-22(47)18(43)15(40)9(3-34)52-31)58-27-16(41)10(4-35)53-32(23(27)48)55-24-11(5-36)51-28(49)20(45)19(24)44/h7,9-32,34-37,39-49H,3-6H2,1-2H3,(H,33,38)/t7-,9+,10+,11+,12+,13+,14+,15-,16-,17+,18-,19+,20+,21-,22+,23+,24+,25+,26+,27-,28-,29-,30-,31+,32-/m0/s1. The van der Waals surface area contributed by atoms with Crippen molar-refractivity contribution >= 4 is 5.91 Å². The zero-order valence-electron chi connectivity index (χ0n) is 31.1. The smallest absolute Gasteiger partial charge is 0.217 e. The topological polar surface area (TPSA) is 416 Å².